The van der Waals surface area contributed by atoms with Crippen LogP contribution in [0, 0.1) is 0 Å². The van der Waals surface area contributed by atoms with Gasteiger partial charge in [-0.25, -0.2) is 8.98 Å². The molecule has 0 saturated carbocycles. The standard InChI is InChI=1S/C9H19NO5S/c1-6-7(15-16(5,12)13)10-8(11)14-9(2,3)4/h7H,6H2,1-5H3,(H,10,11)/t7-/m1/s1. The van der Waals surface area contributed by atoms with Crippen molar-refractivity contribution in [2.24, 2.45) is 0 Å². The van der Waals surface area contributed by atoms with E-state index in [1.807, 2.05) is 0 Å². The van der Waals surface area contributed by atoms with Crippen LogP contribution in [0.15, 0.2) is 0 Å². The highest BCUT2D eigenvalue weighted by Gasteiger charge is 2.21. The summed E-state index contributed by atoms with van der Waals surface area (Å²) in [5, 5.41) is 2.32. The van der Waals surface area contributed by atoms with Crippen molar-refractivity contribution < 1.29 is 22.1 Å². The fourth-order valence-electron chi connectivity index (χ4n) is 0.844. The summed E-state index contributed by atoms with van der Waals surface area (Å²) in [5.41, 5.74) is -0.631. The lowest BCUT2D eigenvalue weighted by atomic mass is 10.2. The van der Waals surface area contributed by atoms with Gasteiger partial charge >= 0.3 is 6.09 Å². The molecule has 0 unspecified atom stereocenters. The minimum absolute atomic E-state index is 0.326. The second-order valence-electron chi connectivity index (χ2n) is 4.34. The van der Waals surface area contributed by atoms with E-state index in [1.165, 1.54) is 0 Å². The second-order valence-corrected chi connectivity index (χ2v) is 5.94. The van der Waals surface area contributed by atoms with Gasteiger partial charge in [0.25, 0.3) is 10.1 Å². The molecule has 0 bridgehead atoms. The topological polar surface area (TPSA) is 81.7 Å². The number of hydrogen-bond donors (Lipinski definition) is 1. The zero-order valence-corrected chi connectivity index (χ0v) is 11.1. The van der Waals surface area contributed by atoms with Crippen LogP contribution in [0.4, 0.5) is 4.79 Å². The number of rotatable bonds is 4. The summed E-state index contributed by atoms with van der Waals surface area (Å²) in [4.78, 5) is 11.3. The first-order chi connectivity index (χ1) is 7.03. The molecule has 1 N–H and O–H groups in total. The smallest absolute Gasteiger partial charge is 0.409 e. The van der Waals surface area contributed by atoms with Gasteiger partial charge in [0, 0.05) is 0 Å². The van der Waals surface area contributed by atoms with E-state index in [0.29, 0.717) is 6.42 Å². The maximum atomic E-state index is 11.3. The lowest BCUT2D eigenvalue weighted by molar-refractivity contribution is 0.0400. The molecule has 0 aliphatic carbocycles. The first-order valence-corrected chi connectivity index (χ1v) is 6.73. The average Bonchev–Trinajstić information content (AvgIpc) is 1.96. The molecule has 0 saturated heterocycles. The minimum Gasteiger partial charge on any atom is -0.444 e. The average molecular weight is 253 g/mol. The van der Waals surface area contributed by atoms with Gasteiger partial charge < -0.3 is 4.74 Å². The van der Waals surface area contributed by atoms with E-state index in [9.17, 15) is 13.2 Å². The summed E-state index contributed by atoms with van der Waals surface area (Å²) >= 11 is 0. The van der Waals surface area contributed by atoms with Gasteiger partial charge in [0.1, 0.15) is 5.60 Å². The van der Waals surface area contributed by atoms with Crippen LogP contribution in [0.3, 0.4) is 0 Å². The van der Waals surface area contributed by atoms with E-state index in [4.69, 9.17) is 4.74 Å². The number of carbonyl (C=O) groups is 1. The first-order valence-electron chi connectivity index (χ1n) is 4.91. The molecule has 96 valence electrons. The van der Waals surface area contributed by atoms with Crippen molar-refractivity contribution in [3.05, 3.63) is 0 Å². The number of ether oxygens (including phenoxy) is 1. The Balaban J connectivity index is 4.29. The van der Waals surface area contributed by atoms with Crippen molar-refractivity contribution in [1.82, 2.24) is 5.32 Å². The van der Waals surface area contributed by atoms with E-state index < -0.39 is 28.0 Å². The Morgan fingerprint density at radius 2 is 1.88 bits per heavy atom. The number of amides is 1. The van der Waals surface area contributed by atoms with E-state index in [2.05, 4.69) is 9.50 Å². The van der Waals surface area contributed by atoms with Crippen molar-refractivity contribution in [3.63, 3.8) is 0 Å². The van der Waals surface area contributed by atoms with E-state index in [0.717, 1.165) is 6.26 Å². The van der Waals surface area contributed by atoms with Gasteiger partial charge in [-0.05, 0) is 27.2 Å². The Morgan fingerprint density at radius 3 is 2.19 bits per heavy atom. The molecule has 0 aromatic carbocycles. The summed E-state index contributed by atoms with van der Waals surface area (Å²) in [6.07, 6.45) is -0.355. The summed E-state index contributed by atoms with van der Waals surface area (Å²) in [7, 11) is -3.60. The molecule has 0 spiro atoms. The van der Waals surface area contributed by atoms with Crippen molar-refractivity contribution in [1.29, 1.82) is 0 Å². The Hall–Kier alpha value is -0.820. The molecule has 0 aromatic rings. The first kappa shape index (κ1) is 15.2. The molecule has 0 rings (SSSR count). The molecule has 0 aliphatic rings. The molecule has 1 amide bonds. The predicted molar refractivity (Wildman–Crippen MR) is 59.4 cm³/mol. The summed E-state index contributed by atoms with van der Waals surface area (Å²) in [5.74, 6) is 0. The number of nitrogens with one attached hydrogen (secondary N) is 1. The molecule has 0 aliphatic heterocycles. The third-order valence-corrected chi connectivity index (χ3v) is 1.92. The van der Waals surface area contributed by atoms with Crippen LogP contribution in [-0.4, -0.2) is 32.6 Å². The van der Waals surface area contributed by atoms with Crippen LogP contribution in [0.25, 0.3) is 0 Å². The summed E-state index contributed by atoms with van der Waals surface area (Å²) in [6.45, 7) is 6.83. The zero-order valence-electron chi connectivity index (χ0n) is 10.2. The Morgan fingerprint density at radius 1 is 1.38 bits per heavy atom. The van der Waals surface area contributed by atoms with Crippen LogP contribution >= 0.6 is 0 Å². The third-order valence-electron chi connectivity index (χ3n) is 1.34. The van der Waals surface area contributed by atoms with E-state index >= 15 is 0 Å². The van der Waals surface area contributed by atoms with Crippen LogP contribution < -0.4 is 5.32 Å². The van der Waals surface area contributed by atoms with Gasteiger partial charge in [-0.2, -0.15) is 8.42 Å². The summed E-state index contributed by atoms with van der Waals surface area (Å²) in [6, 6.07) is 0. The monoisotopic (exact) mass is 253 g/mol. The fourth-order valence-corrected chi connectivity index (χ4v) is 1.45. The largest absolute Gasteiger partial charge is 0.444 e. The van der Waals surface area contributed by atoms with Crippen LogP contribution in [-0.2, 0) is 19.0 Å². The highest BCUT2D eigenvalue weighted by atomic mass is 32.2. The lowest BCUT2D eigenvalue weighted by Gasteiger charge is -2.22. The van der Waals surface area contributed by atoms with E-state index in [-0.39, 0.29) is 0 Å². The molecule has 1 atom stereocenters. The van der Waals surface area contributed by atoms with Crippen molar-refractivity contribution >= 4 is 16.2 Å². The molecule has 0 fully saturated rings. The molecule has 7 heteroatoms. The number of hydrogen-bond acceptors (Lipinski definition) is 5. The number of carbonyl (C=O) groups excluding carboxylic acids is 1. The van der Waals surface area contributed by atoms with Crippen LogP contribution in [0.2, 0.25) is 0 Å². The van der Waals surface area contributed by atoms with Gasteiger partial charge in [0.15, 0.2) is 6.23 Å². The molecule has 0 aromatic heterocycles. The zero-order chi connectivity index (χ0) is 13.0. The van der Waals surface area contributed by atoms with Crippen molar-refractivity contribution in [3.8, 4) is 0 Å². The molecular weight excluding hydrogens is 234 g/mol. The number of alkyl carbamates (subject to hydrolysis) is 1. The normalized spacial score (nSPS) is 14.3. The second kappa shape index (κ2) is 5.49. The molecule has 0 radical (unpaired) electrons. The molecule has 0 heterocycles. The predicted octanol–water partition coefficient (Wildman–Crippen LogP) is 1.22. The van der Waals surface area contributed by atoms with Crippen molar-refractivity contribution in [2.75, 3.05) is 6.26 Å². The quantitative estimate of drug-likeness (QED) is 0.602. The highest BCUT2D eigenvalue weighted by molar-refractivity contribution is 7.86. The van der Waals surface area contributed by atoms with Gasteiger partial charge in [-0.1, -0.05) is 6.92 Å². The van der Waals surface area contributed by atoms with Crippen molar-refractivity contribution in [2.45, 2.75) is 45.9 Å². The van der Waals surface area contributed by atoms with Gasteiger partial charge in [-0.15, -0.1) is 0 Å². The van der Waals surface area contributed by atoms with Crippen LogP contribution in [0.1, 0.15) is 34.1 Å². The van der Waals surface area contributed by atoms with E-state index in [1.54, 1.807) is 27.7 Å². The highest BCUT2D eigenvalue weighted by Crippen LogP contribution is 2.08. The minimum atomic E-state index is -3.60. The van der Waals surface area contributed by atoms with Gasteiger partial charge in [0.05, 0.1) is 6.26 Å². The maximum absolute atomic E-state index is 11.3. The third kappa shape index (κ3) is 8.49. The Bertz CT molecular complexity index is 330. The SMILES string of the molecule is CC[C@H](NC(=O)OC(C)(C)C)OS(C)(=O)=O. The van der Waals surface area contributed by atoms with Crippen LogP contribution in [0.5, 0.6) is 0 Å². The summed E-state index contributed by atoms with van der Waals surface area (Å²) < 4.78 is 31.3. The lowest BCUT2D eigenvalue weighted by Crippen LogP contribution is -2.41. The molecule has 6 nitrogen and oxygen atoms in total. The fraction of sp³-hybridized carbons (Fsp3) is 0.889. The van der Waals surface area contributed by atoms with Gasteiger partial charge in [0.2, 0.25) is 0 Å². The molecule has 16 heavy (non-hydrogen) atoms. The Labute approximate surface area is 96.4 Å². The van der Waals surface area contributed by atoms with Gasteiger partial charge in [-0.3, -0.25) is 5.32 Å². The Kier molecular flexibility index (Phi) is 5.21. The maximum Gasteiger partial charge on any atom is 0.409 e. The molecular formula is C9H19NO5S.